The molecule has 0 unspecified atom stereocenters. The molecule has 0 heterocycles. The minimum atomic E-state index is -0.659. The highest BCUT2D eigenvalue weighted by Gasteiger charge is 2.69. The number of fused-ring (bicyclic) bond motifs is 7. The van der Waals surface area contributed by atoms with Crippen molar-refractivity contribution in [3.8, 4) is 0 Å². The summed E-state index contributed by atoms with van der Waals surface area (Å²) in [5, 5.41) is 0. The zero-order chi connectivity index (χ0) is 32.2. The van der Waals surface area contributed by atoms with Gasteiger partial charge in [-0.05, 0) is 105 Å². The van der Waals surface area contributed by atoms with E-state index < -0.39 is 16.4 Å². The van der Waals surface area contributed by atoms with Crippen molar-refractivity contribution < 1.29 is 19.1 Å². The maximum atomic E-state index is 14.7. The van der Waals surface area contributed by atoms with Gasteiger partial charge in [-0.25, -0.2) is 9.64 Å². The van der Waals surface area contributed by atoms with Crippen LogP contribution in [0.2, 0.25) is 0 Å². The molecule has 0 aliphatic heterocycles. The Bertz CT molecular complexity index is 1360. The highest BCUT2D eigenvalue weighted by Crippen LogP contribution is 2.74. The summed E-state index contributed by atoms with van der Waals surface area (Å²) in [5.41, 5.74) is -0.906. The van der Waals surface area contributed by atoms with Gasteiger partial charge in [-0.2, -0.15) is 0 Å². The Morgan fingerprint density at radius 2 is 1.65 bits per heavy atom. The smallest absolute Gasteiger partial charge is 0.410 e. The van der Waals surface area contributed by atoms with E-state index in [1.54, 1.807) is 4.90 Å². The summed E-state index contributed by atoms with van der Waals surface area (Å²) in [6.07, 6.45) is 10.3. The molecule has 5 aliphatic rings. The van der Waals surface area contributed by atoms with Gasteiger partial charge in [0.25, 0.3) is 0 Å². The molecule has 0 aromatic rings. The Balaban J connectivity index is 1.61. The van der Waals surface area contributed by atoms with Gasteiger partial charge in [0.1, 0.15) is 5.60 Å². The lowest BCUT2D eigenvalue weighted by molar-refractivity contribution is -0.173. The van der Waals surface area contributed by atoms with Gasteiger partial charge in [0.15, 0.2) is 11.6 Å². The number of ether oxygens (including phenoxy) is 1. The average molecular weight is 591 g/mol. The summed E-state index contributed by atoms with van der Waals surface area (Å²) in [7, 11) is 1.85. The Morgan fingerprint density at radius 1 is 1.02 bits per heavy atom. The molecule has 43 heavy (non-hydrogen) atoms. The van der Waals surface area contributed by atoms with Gasteiger partial charge >= 0.3 is 6.09 Å². The molecule has 0 bridgehead atoms. The number of Topliss-reactive ketones (excluding diaryl/α,β-unsaturated/α-hetero) is 1. The van der Waals surface area contributed by atoms with E-state index in [0.717, 1.165) is 50.5 Å². The number of amides is 1. The van der Waals surface area contributed by atoms with E-state index in [4.69, 9.17) is 11.3 Å². The first-order valence-electron chi connectivity index (χ1n) is 16.4. The van der Waals surface area contributed by atoms with E-state index in [-0.39, 0.29) is 62.8 Å². The predicted octanol–water partition coefficient (Wildman–Crippen LogP) is 8.43. The first kappa shape index (κ1) is 32.0. The number of hydrogen-bond donors (Lipinski definition) is 0. The lowest BCUT2D eigenvalue weighted by atomic mass is 9.34. The number of nitrogens with zero attached hydrogens (tertiary/aromatic N) is 2. The van der Waals surface area contributed by atoms with Gasteiger partial charge in [0.2, 0.25) is 5.70 Å². The molecule has 0 aromatic heterocycles. The molecule has 236 valence electrons. The predicted molar refractivity (Wildman–Crippen MR) is 169 cm³/mol. The first-order chi connectivity index (χ1) is 19.6. The standard InChI is InChI=1S/C37H54N2O4/c1-31(2,3)43-30(42)39(12)22-37-17-15-32(4,5)20-23(37)28-25(40)19-27-34(8)21-24(38-11)29(41)33(6,7)26(34)13-14-35(27,9)36(28,10)16-18-37/h19,21,23,26,28H,13-18,20,22H2,1-10,12H3/t23-,26-,28-,34-,35+,36+,37+/m0/s1. The van der Waals surface area contributed by atoms with Crippen LogP contribution in [0.25, 0.3) is 4.85 Å². The van der Waals surface area contributed by atoms with Crippen molar-refractivity contribution in [2.24, 2.45) is 50.2 Å². The minimum Gasteiger partial charge on any atom is -0.444 e. The molecule has 3 saturated carbocycles. The molecular weight excluding hydrogens is 536 g/mol. The van der Waals surface area contributed by atoms with E-state index in [1.807, 2.05) is 53.8 Å². The molecule has 5 aliphatic carbocycles. The largest absolute Gasteiger partial charge is 0.444 e. The fourth-order valence-electron chi connectivity index (χ4n) is 10.9. The second-order valence-corrected chi connectivity index (χ2v) is 17.9. The maximum Gasteiger partial charge on any atom is 0.410 e. The number of ketones is 2. The first-order valence-corrected chi connectivity index (χ1v) is 16.4. The number of hydrogen-bond acceptors (Lipinski definition) is 4. The van der Waals surface area contributed by atoms with Crippen molar-refractivity contribution in [2.75, 3.05) is 13.6 Å². The van der Waals surface area contributed by atoms with Crippen LogP contribution in [0.15, 0.2) is 23.4 Å². The molecular formula is C37H54N2O4. The van der Waals surface area contributed by atoms with Gasteiger partial charge < -0.3 is 14.4 Å². The second-order valence-electron chi connectivity index (χ2n) is 17.9. The minimum absolute atomic E-state index is 0.0454. The zero-order valence-electron chi connectivity index (χ0n) is 28.6. The topological polar surface area (TPSA) is 68.0 Å². The van der Waals surface area contributed by atoms with Crippen LogP contribution in [0.5, 0.6) is 0 Å². The van der Waals surface area contributed by atoms with Crippen molar-refractivity contribution in [2.45, 2.75) is 120 Å². The quantitative estimate of drug-likeness (QED) is 0.303. The highest BCUT2D eigenvalue weighted by atomic mass is 16.6. The van der Waals surface area contributed by atoms with E-state index in [0.29, 0.717) is 6.54 Å². The lowest BCUT2D eigenvalue weighted by Crippen LogP contribution is -2.65. The van der Waals surface area contributed by atoms with Gasteiger partial charge in [-0.1, -0.05) is 60.1 Å². The van der Waals surface area contributed by atoms with Crippen molar-refractivity contribution >= 4 is 17.7 Å². The number of allylic oxidation sites excluding steroid dienone is 4. The Labute approximate surface area is 259 Å². The van der Waals surface area contributed by atoms with Gasteiger partial charge in [-0.3, -0.25) is 4.79 Å². The molecule has 0 saturated heterocycles. The molecule has 6 heteroatoms. The lowest BCUT2D eigenvalue weighted by Gasteiger charge is -2.69. The van der Waals surface area contributed by atoms with Crippen LogP contribution in [0, 0.1) is 56.8 Å². The molecule has 0 aromatic carbocycles. The molecule has 5 rings (SSSR count). The van der Waals surface area contributed by atoms with Crippen LogP contribution in [-0.2, 0) is 14.3 Å². The number of carbonyl (C=O) groups is 3. The highest BCUT2D eigenvalue weighted by molar-refractivity contribution is 6.03. The SMILES string of the molecule is [C-]#[N+]C1=C[C@]2(C)C3=CC(=O)[C@@H]4[C@@H]5CC(C)(C)CC[C@]5(CN(C)C(=O)OC(C)(C)C)CC[C@@]4(C)[C@]3(C)CC[C@H]2C(C)(C)C1=O. The van der Waals surface area contributed by atoms with Crippen LogP contribution in [0.1, 0.15) is 114 Å². The average Bonchev–Trinajstić information content (AvgIpc) is 2.87. The zero-order valence-corrected chi connectivity index (χ0v) is 28.6. The van der Waals surface area contributed by atoms with E-state index in [2.05, 4.69) is 39.5 Å². The van der Waals surface area contributed by atoms with E-state index in [1.165, 1.54) is 0 Å². The molecule has 0 spiro atoms. The Morgan fingerprint density at radius 3 is 2.26 bits per heavy atom. The van der Waals surface area contributed by atoms with Crippen molar-refractivity contribution in [1.29, 1.82) is 0 Å². The summed E-state index contributed by atoms with van der Waals surface area (Å²) in [4.78, 5) is 46.6. The second kappa shape index (κ2) is 9.54. The monoisotopic (exact) mass is 590 g/mol. The molecule has 7 atom stereocenters. The summed E-state index contributed by atoms with van der Waals surface area (Å²) in [6.45, 7) is 29.7. The van der Waals surface area contributed by atoms with Crippen molar-refractivity contribution in [3.63, 3.8) is 0 Å². The summed E-state index contributed by atoms with van der Waals surface area (Å²) >= 11 is 0. The normalized spacial score (nSPS) is 41.3. The molecule has 0 radical (unpaired) electrons. The van der Waals surface area contributed by atoms with Crippen LogP contribution >= 0.6 is 0 Å². The molecule has 0 N–H and O–H groups in total. The Hall–Kier alpha value is -2.42. The third-order valence-electron chi connectivity index (χ3n) is 13.3. The van der Waals surface area contributed by atoms with Gasteiger partial charge in [0.05, 0.1) is 6.57 Å². The maximum absolute atomic E-state index is 14.7. The van der Waals surface area contributed by atoms with Crippen molar-refractivity contribution in [3.05, 3.63) is 34.8 Å². The fraction of sp³-hybridized carbons (Fsp3) is 0.784. The number of carbonyl (C=O) groups excluding carboxylic acids is 3. The van der Waals surface area contributed by atoms with Crippen LogP contribution in [-0.4, -0.2) is 41.8 Å². The molecule has 3 fully saturated rings. The third kappa shape index (κ3) is 4.57. The Kier molecular flexibility index (Phi) is 7.10. The van der Waals surface area contributed by atoms with Gasteiger partial charge in [0, 0.05) is 30.3 Å². The van der Waals surface area contributed by atoms with E-state index in [9.17, 15) is 14.4 Å². The summed E-state index contributed by atoms with van der Waals surface area (Å²) in [5.74, 6) is 0.206. The van der Waals surface area contributed by atoms with Crippen LogP contribution < -0.4 is 0 Å². The fourth-order valence-corrected chi connectivity index (χ4v) is 10.9. The third-order valence-corrected chi connectivity index (χ3v) is 13.3. The van der Waals surface area contributed by atoms with E-state index >= 15 is 0 Å². The van der Waals surface area contributed by atoms with Crippen LogP contribution in [0.3, 0.4) is 0 Å². The summed E-state index contributed by atoms with van der Waals surface area (Å²) in [6, 6.07) is 0. The number of rotatable bonds is 2. The van der Waals surface area contributed by atoms with Crippen molar-refractivity contribution in [1.82, 2.24) is 4.90 Å². The molecule has 1 amide bonds. The van der Waals surface area contributed by atoms with Crippen LogP contribution in [0.4, 0.5) is 4.79 Å². The summed E-state index contributed by atoms with van der Waals surface area (Å²) < 4.78 is 5.76. The molecule has 6 nitrogen and oxygen atoms in total. The van der Waals surface area contributed by atoms with Gasteiger partial charge in [-0.15, -0.1) is 0 Å².